The first kappa shape index (κ1) is 14.8. The van der Waals surface area contributed by atoms with E-state index < -0.39 is 11.9 Å². The van der Waals surface area contributed by atoms with Crippen LogP contribution in [0.2, 0.25) is 0 Å². The second-order valence-electron chi connectivity index (χ2n) is 5.31. The third kappa shape index (κ3) is 2.78. The van der Waals surface area contributed by atoms with Gasteiger partial charge in [-0.2, -0.15) is 0 Å². The van der Waals surface area contributed by atoms with Gasteiger partial charge >= 0.3 is 5.97 Å². The molecule has 5 nitrogen and oxygen atoms in total. The number of benzene rings is 1. The van der Waals surface area contributed by atoms with Crippen LogP contribution in [0.5, 0.6) is 0 Å². The van der Waals surface area contributed by atoms with E-state index in [1.165, 1.54) is 6.26 Å². The second kappa shape index (κ2) is 5.96. The predicted octanol–water partition coefficient (Wildman–Crippen LogP) is 2.98. The Kier molecular flexibility index (Phi) is 4.02. The number of amides is 1. The minimum Gasteiger partial charge on any atom is -0.481 e. The molecule has 0 aliphatic carbocycles. The van der Waals surface area contributed by atoms with Crippen LogP contribution >= 0.6 is 15.9 Å². The summed E-state index contributed by atoms with van der Waals surface area (Å²) in [6.07, 6.45) is 1.37. The zero-order valence-electron chi connectivity index (χ0n) is 11.6. The average molecular weight is 364 g/mol. The van der Waals surface area contributed by atoms with E-state index in [0.717, 1.165) is 5.56 Å². The molecule has 0 bridgehead atoms. The van der Waals surface area contributed by atoms with Crippen LogP contribution < -0.4 is 0 Å². The van der Waals surface area contributed by atoms with Gasteiger partial charge in [-0.15, -0.1) is 0 Å². The smallest absolute Gasteiger partial charge is 0.308 e. The number of rotatable bonds is 3. The molecule has 1 N–H and O–H groups in total. The molecule has 1 aliphatic heterocycles. The molecule has 1 fully saturated rings. The van der Waals surface area contributed by atoms with Gasteiger partial charge in [0.2, 0.25) is 0 Å². The van der Waals surface area contributed by atoms with Gasteiger partial charge in [0.05, 0.1) is 11.5 Å². The van der Waals surface area contributed by atoms with Gasteiger partial charge in [-0.25, -0.2) is 0 Å². The molecule has 1 aliphatic rings. The first-order chi connectivity index (χ1) is 10.6. The second-order valence-corrected chi connectivity index (χ2v) is 6.09. The highest BCUT2D eigenvalue weighted by Gasteiger charge is 2.40. The molecule has 114 valence electrons. The lowest BCUT2D eigenvalue weighted by Gasteiger charge is -2.15. The van der Waals surface area contributed by atoms with E-state index in [0.29, 0.717) is 16.8 Å². The Morgan fingerprint density at radius 3 is 2.55 bits per heavy atom. The maximum atomic E-state index is 12.5. The Labute approximate surface area is 135 Å². The van der Waals surface area contributed by atoms with Crippen molar-refractivity contribution in [1.29, 1.82) is 0 Å². The number of halogens is 1. The van der Waals surface area contributed by atoms with Crippen molar-refractivity contribution in [3.63, 3.8) is 0 Å². The average Bonchev–Trinajstić information content (AvgIpc) is 3.14. The standard InChI is InChI=1S/C16H14BrNO4/c17-14-6-11(9-22-14)15(19)18-7-12(13(8-18)16(20)21)10-4-2-1-3-5-10/h1-6,9,12-13H,7-8H2,(H,20,21). The number of furan rings is 1. The summed E-state index contributed by atoms with van der Waals surface area (Å²) in [5.74, 6) is -1.88. The van der Waals surface area contributed by atoms with Crippen molar-refractivity contribution < 1.29 is 19.1 Å². The van der Waals surface area contributed by atoms with Gasteiger partial charge in [0.15, 0.2) is 4.67 Å². The number of nitrogens with zero attached hydrogens (tertiary/aromatic N) is 1. The van der Waals surface area contributed by atoms with Gasteiger partial charge < -0.3 is 14.4 Å². The van der Waals surface area contributed by atoms with E-state index in [1.807, 2.05) is 30.3 Å². The molecule has 1 aromatic carbocycles. The SMILES string of the molecule is O=C(O)C1CN(C(=O)c2coc(Br)c2)CC1c1ccccc1. The zero-order chi connectivity index (χ0) is 15.7. The fraction of sp³-hybridized carbons (Fsp3) is 0.250. The van der Waals surface area contributed by atoms with E-state index in [9.17, 15) is 14.7 Å². The van der Waals surface area contributed by atoms with Crippen LogP contribution in [0.15, 0.2) is 51.7 Å². The van der Waals surface area contributed by atoms with Gasteiger partial charge in [-0.1, -0.05) is 30.3 Å². The molecule has 2 heterocycles. The molecular weight excluding hydrogens is 350 g/mol. The normalized spacial score (nSPS) is 21.0. The van der Waals surface area contributed by atoms with Crippen LogP contribution in [0.3, 0.4) is 0 Å². The molecule has 2 unspecified atom stereocenters. The molecule has 0 spiro atoms. The fourth-order valence-electron chi connectivity index (χ4n) is 2.86. The third-order valence-electron chi connectivity index (χ3n) is 3.97. The van der Waals surface area contributed by atoms with E-state index in [-0.39, 0.29) is 18.4 Å². The minimum absolute atomic E-state index is 0.196. The highest BCUT2D eigenvalue weighted by Crippen LogP contribution is 2.33. The van der Waals surface area contributed by atoms with Gasteiger partial charge in [0.1, 0.15) is 6.26 Å². The van der Waals surface area contributed by atoms with Gasteiger partial charge in [0.25, 0.3) is 5.91 Å². The number of carboxylic acid groups (broad SMARTS) is 1. The fourth-order valence-corrected chi connectivity index (χ4v) is 3.20. The van der Waals surface area contributed by atoms with E-state index in [1.54, 1.807) is 11.0 Å². The predicted molar refractivity (Wildman–Crippen MR) is 82.6 cm³/mol. The van der Waals surface area contributed by atoms with Crippen LogP contribution in [0.25, 0.3) is 0 Å². The first-order valence-electron chi connectivity index (χ1n) is 6.87. The van der Waals surface area contributed by atoms with Crippen LogP contribution in [-0.2, 0) is 4.79 Å². The van der Waals surface area contributed by atoms with E-state index in [4.69, 9.17) is 4.42 Å². The van der Waals surface area contributed by atoms with Crippen molar-refractivity contribution in [1.82, 2.24) is 4.90 Å². The molecule has 6 heteroatoms. The van der Waals surface area contributed by atoms with Gasteiger partial charge in [0, 0.05) is 25.1 Å². The summed E-state index contributed by atoms with van der Waals surface area (Å²) in [5, 5.41) is 9.46. The number of carbonyl (C=O) groups excluding carboxylic acids is 1. The molecular formula is C16H14BrNO4. The molecule has 1 aromatic heterocycles. The van der Waals surface area contributed by atoms with Crippen LogP contribution in [0, 0.1) is 5.92 Å². The van der Waals surface area contributed by atoms with Crippen molar-refractivity contribution in [2.45, 2.75) is 5.92 Å². The quantitative estimate of drug-likeness (QED) is 0.909. The van der Waals surface area contributed by atoms with E-state index >= 15 is 0 Å². The summed E-state index contributed by atoms with van der Waals surface area (Å²) >= 11 is 3.16. The lowest BCUT2D eigenvalue weighted by Crippen LogP contribution is -2.29. The lowest BCUT2D eigenvalue weighted by molar-refractivity contribution is -0.141. The van der Waals surface area contributed by atoms with Gasteiger partial charge in [-0.3, -0.25) is 9.59 Å². The Bertz CT molecular complexity index is 697. The van der Waals surface area contributed by atoms with Crippen LogP contribution in [-0.4, -0.2) is 35.0 Å². The van der Waals surface area contributed by atoms with Crippen molar-refractivity contribution in [3.05, 3.63) is 58.5 Å². The van der Waals surface area contributed by atoms with Gasteiger partial charge in [-0.05, 0) is 21.5 Å². The van der Waals surface area contributed by atoms with Crippen molar-refractivity contribution >= 4 is 27.8 Å². The number of carboxylic acids is 1. The Hall–Kier alpha value is -2.08. The minimum atomic E-state index is -0.877. The zero-order valence-corrected chi connectivity index (χ0v) is 13.2. The summed E-state index contributed by atoms with van der Waals surface area (Å²) < 4.78 is 5.56. The number of likely N-dealkylation sites (tertiary alicyclic amines) is 1. The molecule has 1 amide bonds. The molecule has 1 saturated heterocycles. The maximum absolute atomic E-state index is 12.5. The highest BCUT2D eigenvalue weighted by molar-refractivity contribution is 9.10. The summed E-state index contributed by atoms with van der Waals surface area (Å²) in [7, 11) is 0. The summed E-state index contributed by atoms with van der Waals surface area (Å²) in [6, 6.07) is 11.1. The molecule has 2 aromatic rings. The van der Waals surface area contributed by atoms with Crippen LogP contribution in [0.4, 0.5) is 0 Å². The van der Waals surface area contributed by atoms with Crippen molar-refractivity contribution in [3.8, 4) is 0 Å². The molecule has 0 radical (unpaired) electrons. The van der Waals surface area contributed by atoms with E-state index in [2.05, 4.69) is 15.9 Å². The first-order valence-corrected chi connectivity index (χ1v) is 7.66. The third-order valence-corrected chi connectivity index (χ3v) is 4.38. The summed E-state index contributed by atoms with van der Waals surface area (Å²) in [6.45, 7) is 0.596. The monoisotopic (exact) mass is 363 g/mol. The summed E-state index contributed by atoms with van der Waals surface area (Å²) in [4.78, 5) is 25.6. The topological polar surface area (TPSA) is 70.8 Å². The molecule has 3 rings (SSSR count). The Morgan fingerprint density at radius 2 is 1.95 bits per heavy atom. The van der Waals surface area contributed by atoms with Crippen molar-refractivity contribution in [2.75, 3.05) is 13.1 Å². The summed E-state index contributed by atoms with van der Waals surface area (Å²) in [5.41, 5.74) is 1.36. The number of carbonyl (C=O) groups is 2. The largest absolute Gasteiger partial charge is 0.481 e. The number of hydrogen-bond acceptors (Lipinski definition) is 3. The van der Waals surface area contributed by atoms with Crippen molar-refractivity contribution in [2.24, 2.45) is 5.92 Å². The number of hydrogen-bond donors (Lipinski definition) is 1. The lowest BCUT2D eigenvalue weighted by atomic mass is 9.89. The molecule has 22 heavy (non-hydrogen) atoms. The highest BCUT2D eigenvalue weighted by atomic mass is 79.9. The maximum Gasteiger partial charge on any atom is 0.308 e. The van der Waals surface area contributed by atoms with Crippen LogP contribution in [0.1, 0.15) is 21.8 Å². The molecule has 0 saturated carbocycles. The molecule has 2 atom stereocenters. The Morgan fingerprint density at radius 1 is 1.23 bits per heavy atom. The Balaban J connectivity index is 1.84. The number of aliphatic carboxylic acids is 1.